The third-order valence-corrected chi connectivity index (χ3v) is 4.46. The first kappa shape index (κ1) is 13.2. The summed E-state index contributed by atoms with van der Waals surface area (Å²) >= 11 is 1.84. The average molecular weight is 292 g/mol. The van der Waals surface area contributed by atoms with Crippen LogP contribution in [0.4, 0.5) is 0 Å². The molecule has 1 amide bonds. The van der Waals surface area contributed by atoms with Crippen LogP contribution in [-0.2, 0) is 19.5 Å². The Kier molecular flexibility index (Phi) is 3.77. The number of nitrogens with two attached hydrogens (primary N) is 1. The lowest BCUT2D eigenvalue weighted by Crippen LogP contribution is -2.32. The van der Waals surface area contributed by atoms with Gasteiger partial charge in [-0.3, -0.25) is 19.8 Å². The summed E-state index contributed by atoms with van der Waals surface area (Å²) in [6.45, 7) is 3.66. The molecule has 1 aliphatic rings. The van der Waals surface area contributed by atoms with Crippen molar-refractivity contribution in [3.05, 3.63) is 33.8 Å². The number of fused-ring (bicyclic) bond motifs is 1. The van der Waals surface area contributed by atoms with E-state index in [2.05, 4.69) is 26.7 Å². The van der Waals surface area contributed by atoms with Crippen LogP contribution in [0, 0.1) is 0 Å². The van der Waals surface area contributed by atoms with Crippen molar-refractivity contribution >= 4 is 17.2 Å². The highest BCUT2D eigenvalue weighted by Crippen LogP contribution is 2.23. The third kappa shape index (κ3) is 2.72. The minimum atomic E-state index is -0.419. The van der Waals surface area contributed by atoms with Gasteiger partial charge in [-0.25, -0.2) is 5.84 Å². The zero-order valence-electron chi connectivity index (χ0n) is 11.0. The van der Waals surface area contributed by atoms with Gasteiger partial charge in [-0.15, -0.1) is 16.4 Å². The number of nitrogens with one attached hydrogen (secondary N) is 1. The van der Waals surface area contributed by atoms with Gasteiger partial charge in [0.25, 0.3) is 5.91 Å². The second-order valence-corrected chi connectivity index (χ2v) is 5.74. The first-order valence-electron chi connectivity index (χ1n) is 6.45. The number of amides is 1. The fourth-order valence-electron chi connectivity index (χ4n) is 2.33. The summed E-state index contributed by atoms with van der Waals surface area (Å²) in [5.74, 6) is 4.64. The van der Waals surface area contributed by atoms with Gasteiger partial charge >= 0.3 is 0 Å². The van der Waals surface area contributed by atoms with E-state index in [1.165, 1.54) is 10.4 Å². The Balaban J connectivity index is 1.55. The van der Waals surface area contributed by atoms with Gasteiger partial charge in [-0.05, 0) is 23.4 Å². The van der Waals surface area contributed by atoms with Gasteiger partial charge in [-0.1, -0.05) is 5.21 Å². The normalized spacial score (nSPS) is 15.1. The van der Waals surface area contributed by atoms with Gasteiger partial charge in [0.1, 0.15) is 0 Å². The van der Waals surface area contributed by atoms with E-state index >= 15 is 0 Å². The topological polar surface area (TPSA) is 89.1 Å². The lowest BCUT2D eigenvalue weighted by atomic mass is 10.1. The fourth-order valence-corrected chi connectivity index (χ4v) is 3.22. The molecule has 0 aromatic carbocycles. The van der Waals surface area contributed by atoms with Crippen LogP contribution in [0.2, 0.25) is 0 Å². The van der Waals surface area contributed by atoms with Crippen LogP contribution in [0.15, 0.2) is 17.6 Å². The smallest absolute Gasteiger partial charge is 0.287 e. The van der Waals surface area contributed by atoms with Gasteiger partial charge in [0.2, 0.25) is 0 Å². The predicted molar refractivity (Wildman–Crippen MR) is 75.0 cm³/mol. The van der Waals surface area contributed by atoms with Gasteiger partial charge in [0, 0.05) is 24.5 Å². The Bertz CT molecular complexity index is 607. The second kappa shape index (κ2) is 5.70. The summed E-state index contributed by atoms with van der Waals surface area (Å²) in [4.78, 5) is 15.2. The number of thiophene rings is 1. The second-order valence-electron chi connectivity index (χ2n) is 4.74. The number of rotatable bonds is 4. The molecule has 20 heavy (non-hydrogen) atoms. The third-order valence-electron chi connectivity index (χ3n) is 3.43. The fraction of sp³-hybridized carbons (Fsp3) is 0.417. The van der Waals surface area contributed by atoms with E-state index in [-0.39, 0.29) is 5.69 Å². The first-order chi connectivity index (χ1) is 9.76. The molecule has 8 heteroatoms. The van der Waals surface area contributed by atoms with Crippen molar-refractivity contribution in [1.82, 2.24) is 25.3 Å². The molecule has 3 heterocycles. The van der Waals surface area contributed by atoms with E-state index < -0.39 is 5.91 Å². The highest BCUT2D eigenvalue weighted by molar-refractivity contribution is 7.10. The van der Waals surface area contributed by atoms with Crippen molar-refractivity contribution in [3.63, 3.8) is 0 Å². The van der Waals surface area contributed by atoms with E-state index in [0.717, 1.165) is 26.1 Å². The standard InChI is InChI=1S/C12H16N6OS/c13-14-12(19)10-8-18(16-15-10)5-4-17-3-1-11-9(7-17)2-6-20-11/h2,6,8H,1,3-5,7,13H2,(H,14,19). The Morgan fingerprint density at radius 1 is 1.50 bits per heavy atom. The SMILES string of the molecule is NNC(=O)c1cn(CCN2CCc3sccc3C2)nn1. The number of carbonyl (C=O) groups is 1. The van der Waals surface area contributed by atoms with Crippen LogP contribution < -0.4 is 11.3 Å². The number of hydrogen-bond acceptors (Lipinski definition) is 6. The van der Waals surface area contributed by atoms with Crippen molar-refractivity contribution in [1.29, 1.82) is 0 Å². The zero-order chi connectivity index (χ0) is 13.9. The maximum Gasteiger partial charge on any atom is 0.287 e. The van der Waals surface area contributed by atoms with Gasteiger partial charge < -0.3 is 0 Å². The van der Waals surface area contributed by atoms with Crippen LogP contribution in [0.3, 0.4) is 0 Å². The Morgan fingerprint density at radius 3 is 3.25 bits per heavy atom. The Labute approximate surface area is 120 Å². The Hall–Kier alpha value is -1.77. The molecule has 1 aliphatic heterocycles. The molecule has 106 valence electrons. The van der Waals surface area contributed by atoms with Gasteiger partial charge in [0.05, 0.1) is 12.7 Å². The molecule has 2 aromatic heterocycles. The van der Waals surface area contributed by atoms with Gasteiger partial charge in [-0.2, -0.15) is 0 Å². The summed E-state index contributed by atoms with van der Waals surface area (Å²) in [6.07, 6.45) is 2.73. The largest absolute Gasteiger partial charge is 0.297 e. The maximum absolute atomic E-state index is 11.3. The van der Waals surface area contributed by atoms with Gasteiger partial charge in [0.15, 0.2) is 5.69 Å². The molecule has 3 N–H and O–H groups in total. The molecule has 0 unspecified atom stereocenters. The molecule has 0 fully saturated rings. The highest BCUT2D eigenvalue weighted by Gasteiger charge is 2.17. The molecule has 0 atom stereocenters. The number of nitrogen functional groups attached to an aromatic ring is 1. The number of aromatic nitrogens is 3. The van der Waals surface area contributed by atoms with E-state index in [9.17, 15) is 4.79 Å². The van der Waals surface area contributed by atoms with Crippen LogP contribution in [0.1, 0.15) is 20.9 Å². The van der Waals surface area contributed by atoms with Crippen LogP contribution in [0.5, 0.6) is 0 Å². The molecule has 0 radical (unpaired) electrons. The van der Waals surface area contributed by atoms with E-state index in [1.807, 2.05) is 16.8 Å². The van der Waals surface area contributed by atoms with E-state index in [0.29, 0.717) is 6.54 Å². The summed E-state index contributed by atoms with van der Waals surface area (Å²) in [5, 5.41) is 9.87. The summed E-state index contributed by atoms with van der Waals surface area (Å²) in [5.41, 5.74) is 3.72. The molecule has 0 saturated heterocycles. The number of nitrogens with zero attached hydrogens (tertiary/aromatic N) is 4. The lowest BCUT2D eigenvalue weighted by Gasteiger charge is -2.26. The minimum Gasteiger partial charge on any atom is -0.297 e. The van der Waals surface area contributed by atoms with Crippen molar-refractivity contribution in [3.8, 4) is 0 Å². The zero-order valence-corrected chi connectivity index (χ0v) is 11.8. The summed E-state index contributed by atoms with van der Waals surface area (Å²) in [6, 6.07) is 2.20. The van der Waals surface area contributed by atoms with Crippen molar-refractivity contribution in [2.24, 2.45) is 5.84 Å². The van der Waals surface area contributed by atoms with Crippen LogP contribution >= 0.6 is 11.3 Å². The number of carbonyl (C=O) groups excluding carboxylic acids is 1. The molecule has 0 aliphatic carbocycles. The van der Waals surface area contributed by atoms with E-state index in [1.54, 1.807) is 10.9 Å². The predicted octanol–water partition coefficient (Wildman–Crippen LogP) is 0.00140. The molecule has 7 nitrogen and oxygen atoms in total. The quantitative estimate of drug-likeness (QED) is 0.470. The minimum absolute atomic E-state index is 0.242. The highest BCUT2D eigenvalue weighted by atomic mass is 32.1. The molecule has 3 rings (SSSR count). The Morgan fingerprint density at radius 2 is 2.40 bits per heavy atom. The molecular weight excluding hydrogens is 276 g/mol. The molecular formula is C12H16N6OS. The summed E-state index contributed by atoms with van der Waals surface area (Å²) in [7, 11) is 0. The van der Waals surface area contributed by atoms with E-state index in [4.69, 9.17) is 5.84 Å². The maximum atomic E-state index is 11.3. The first-order valence-corrected chi connectivity index (χ1v) is 7.33. The molecule has 0 bridgehead atoms. The summed E-state index contributed by atoms with van der Waals surface area (Å²) < 4.78 is 1.67. The lowest BCUT2D eigenvalue weighted by molar-refractivity contribution is 0.0948. The van der Waals surface area contributed by atoms with Crippen LogP contribution in [-0.4, -0.2) is 38.9 Å². The average Bonchev–Trinajstić information content (AvgIpc) is 3.12. The van der Waals surface area contributed by atoms with Crippen molar-refractivity contribution < 1.29 is 4.79 Å². The van der Waals surface area contributed by atoms with Crippen LogP contribution in [0.25, 0.3) is 0 Å². The van der Waals surface area contributed by atoms with Crippen molar-refractivity contribution in [2.45, 2.75) is 19.5 Å². The molecule has 2 aromatic rings. The van der Waals surface area contributed by atoms with Crippen molar-refractivity contribution in [2.75, 3.05) is 13.1 Å². The monoisotopic (exact) mass is 292 g/mol. The number of hydrogen-bond donors (Lipinski definition) is 2. The number of hydrazine groups is 1. The molecule has 0 spiro atoms. The molecule has 0 saturated carbocycles.